The van der Waals surface area contributed by atoms with Crippen molar-refractivity contribution < 1.29 is 31.1 Å². The highest BCUT2D eigenvalue weighted by atomic mass is 35.5. The second-order valence-electron chi connectivity index (χ2n) is 5.54. The molecule has 2 rings (SSSR count). The van der Waals surface area contributed by atoms with Crippen molar-refractivity contribution >= 4 is 27.3 Å². The second kappa shape index (κ2) is 8.62. The van der Waals surface area contributed by atoms with Crippen LogP contribution in [0.15, 0.2) is 53.4 Å². The highest BCUT2D eigenvalue weighted by molar-refractivity contribution is 7.92. The van der Waals surface area contributed by atoms with Crippen LogP contribution in [0.4, 0.5) is 13.2 Å². The number of ether oxygens (including phenoxy) is 1. The van der Waals surface area contributed by atoms with Crippen LogP contribution in [0.1, 0.15) is 5.56 Å². The van der Waals surface area contributed by atoms with Crippen molar-refractivity contribution in [3.63, 3.8) is 0 Å². The standard InChI is InChI=1S/C17H15ClF3NO4S/c18-13-4-6-15(7-5-13)27(24,25)10-16(23)22-9-12-2-1-3-14(8-12)26-11-17(19,20)21/h1-8H,9-11H2,(H,22,23). The molecule has 27 heavy (non-hydrogen) atoms. The van der Waals surface area contributed by atoms with Crippen molar-refractivity contribution in [2.45, 2.75) is 17.6 Å². The molecule has 0 unspecified atom stereocenters. The Morgan fingerprint density at radius 2 is 1.78 bits per heavy atom. The van der Waals surface area contributed by atoms with Gasteiger partial charge in [0.15, 0.2) is 16.4 Å². The molecule has 0 radical (unpaired) electrons. The van der Waals surface area contributed by atoms with Crippen LogP contribution >= 0.6 is 11.6 Å². The third kappa shape index (κ3) is 7.10. The Hall–Kier alpha value is -2.26. The Labute approximate surface area is 159 Å². The first-order valence-electron chi connectivity index (χ1n) is 7.59. The van der Waals surface area contributed by atoms with Crippen LogP contribution in [-0.2, 0) is 21.2 Å². The summed E-state index contributed by atoms with van der Waals surface area (Å²) >= 11 is 5.70. The van der Waals surface area contributed by atoms with Crippen molar-refractivity contribution in [1.82, 2.24) is 5.32 Å². The van der Waals surface area contributed by atoms with Gasteiger partial charge in [-0.25, -0.2) is 8.42 Å². The summed E-state index contributed by atoms with van der Waals surface area (Å²) in [6, 6.07) is 11.1. The van der Waals surface area contributed by atoms with E-state index in [-0.39, 0.29) is 17.2 Å². The monoisotopic (exact) mass is 421 g/mol. The van der Waals surface area contributed by atoms with Crippen LogP contribution in [0, 0.1) is 0 Å². The van der Waals surface area contributed by atoms with Gasteiger partial charge in [-0.3, -0.25) is 4.79 Å². The van der Waals surface area contributed by atoms with Gasteiger partial charge in [-0.2, -0.15) is 13.2 Å². The van der Waals surface area contributed by atoms with E-state index in [1.165, 1.54) is 42.5 Å². The van der Waals surface area contributed by atoms with Gasteiger partial charge in [0.1, 0.15) is 11.5 Å². The van der Waals surface area contributed by atoms with Crippen LogP contribution in [0.5, 0.6) is 5.75 Å². The van der Waals surface area contributed by atoms with Crippen LogP contribution < -0.4 is 10.1 Å². The predicted octanol–water partition coefficient (Wildman–Crippen LogP) is 3.37. The van der Waals surface area contributed by atoms with Gasteiger partial charge in [-0.1, -0.05) is 23.7 Å². The Balaban J connectivity index is 1.92. The zero-order chi connectivity index (χ0) is 20.1. The average molecular weight is 422 g/mol. The molecule has 1 amide bonds. The summed E-state index contributed by atoms with van der Waals surface area (Å²) in [6.07, 6.45) is -4.46. The first kappa shape index (κ1) is 21.0. The summed E-state index contributed by atoms with van der Waals surface area (Å²) in [6.45, 7) is -1.49. The summed E-state index contributed by atoms with van der Waals surface area (Å²) in [7, 11) is -3.83. The van der Waals surface area contributed by atoms with Crippen molar-refractivity contribution in [3.05, 3.63) is 59.1 Å². The molecule has 0 fully saturated rings. The minimum Gasteiger partial charge on any atom is -0.484 e. The molecular formula is C17H15ClF3NO4S. The number of hydrogen-bond acceptors (Lipinski definition) is 4. The smallest absolute Gasteiger partial charge is 0.422 e. The summed E-state index contributed by atoms with van der Waals surface area (Å²) in [5.41, 5.74) is 0.465. The maximum atomic E-state index is 12.2. The number of rotatable bonds is 7. The normalized spacial score (nSPS) is 11.9. The number of halogens is 4. The topological polar surface area (TPSA) is 72.5 Å². The molecule has 0 aliphatic heterocycles. The third-order valence-corrected chi connectivity index (χ3v) is 5.17. The van der Waals surface area contributed by atoms with Gasteiger partial charge in [0, 0.05) is 11.6 Å². The highest BCUT2D eigenvalue weighted by Gasteiger charge is 2.28. The van der Waals surface area contributed by atoms with E-state index in [0.717, 1.165) is 0 Å². The zero-order valence-corrected chi connectivity index (χ0v) is 15.4. The lowest BCUT2D eigenvalue weighted by Crippen LogP contribution is -2.30. The van der Waals surface area contributed by atoms with E-state index >= 15 is 0 Å². The fraction of sp³-hybridized carbons (Fsp3) is 0.235. The molecule has 0 aromatic heterocycles. The van der Waals surface area contributed by atoms with Gasteiger partial charge in [-0.15, -0.1) is 0 Å². The fourth-order valence-electron chi connectivity index (χ4n) is 2.06. The summed E-state index contributed by atoms with van der Waals surface area (Å²) in [5.74, 6) is -1.52. The second-order valence-corrected chi connectivity index (χ2v) is 7.97. The van der Waals surface area contributed by atoms with E-state index in [2.05, 4.69) is 10.1 Å². The lowest BCUT2D eigenvalue weighted by molar-refractivity contribution is -0.153. The molecule has 10 heteroatoms. The Morgan fingerprint density at radius 1 is 1.11 bits per heavy atom. The van der Waals surface area contributed by atoms with Gasteiger partial charge in [-0.05, 0) is 42.0 Å². The molecule has 1 N–H and O–H groups in total. The van der Waals surface area contributed by atoms with Crippen molar-refractivity contribution in [2.75, 3.05) is 12.4 Å². The first-order chi connectivity index (χ1) is 12.5. The molecule has 146 valence electrons. The quantitative estimate of drug-likeness (QED) is 0.744. The zero-order valence-electron chi connectivity index (χ0n) is 13.8. The largest absolute Gasteiger partial charge is 0.484 e. The molecule has 0 spiro atoms. The van der Waals surface area contributed by atoms with E-state index in [0.29, 0.717) is 10.6 Å². The number of carbonyl (C=O) groups excluding carboxylic acids is 1. The van der Waals surface area contributed by atoms with E-state index in [4.69, 9.17) is 11.6 Å². The molecule has 5 nitrogen and oxygen atoms in total. The minimum absolute atomic E-state index is 0.00661. The number of hydrogen-bond donors (Lipinski definition) is 1. The average Bonchev–Trinajstić information content (AvgIpc) is 2.58. The van der Waals surface area contributed by atoms with Crippen molar-refractivity contribution in [3.8, 4) is 5.75 Å². The predicted molar refractivity (Wildman–Crippen MR) is 93.3 cm³/mol. The molecule has 0 aliphatic rings. The molecule has 2 aromatic carbocycles. The molecule has 0 heterocycles. The van der Waals surface area contributed by atoms with Crippen LogP contribution in [-0.4, -0.2) is 32.9 Å². The summed E-state index contributed by atoms with van der Waals surface area (Å²) in [4.78, 5) is 11.9. The summed E-state index contributed by atoms with van der Waals surface area (Å²) in [5, 5.41) is 2.78. The maximum Gasteiger partial charge on any atom is 0.422 e. The molecule has 0 bridgehead atoms. The number of amides is 1. The van der Waals surface area contributed by atoms with E-state index < -0.39 is 34.3 Å². The molecular weight excluding hydrogens is 407 g/mol. The van der Waals surface area contributed by atoms with Gasteiger partial charge < -0.3 is 10.1 Å². The van der Waals surface area contributed by atoms with Crippen molar-refractivity contribution in [2.24, 2.45) is 0 Å². The number of carbonyl (C=O) groups is 1. The van der Waals surface area contributed by atoms with E-state index in [9.17, 15) is 26.4 Å². The molecule has 0 aliphatic carbocycles. The van der Waals surface area contributed by atoms with Crippen LogP contribution in [0.25, 0.3) is 0 Å². The Kier molecular flexibility index (Phi) is 6.72. The van der Waals surface area contributed by atoms with Gasteiger partial charge in [0.25, 0.3) is 0 Å². The summed E-state index contributed by atoms with van der Waals surface area (Å²) < 4.78 is 65.5. The number of nitrogens with one attached hydrogen (secondary N) is 1. The number of sulfone groups is 1. The molecule has 0 atom stereocenters. The van der Waals surface area contributed by atoms with E-state index in [1.807, 2.05) is 0 Å². The lowest BCUT2D eigenvalue weighted by Gasteiger charge is -2.11. The fourth-order valence-corrected chi connectivity index (χ4v) is 3.35. The first-order valence-corrected chi connectivity index (χ1v) is 9.62. The van der Waals surface area contributed by atoms with E-state index in [1.54, 1.807) is 6.07 Å². The van der Waals surface area contributed by atoms with Gasteiger partial charge >= 0.3 is 6.18 Å². The SMILES string of the molecule is O=C(CS(=O)(=O)c1ccc(Cl)cc1)NCc1cccc(OCC(F)(F)F)c1. The Morgan fingerprint density at radius 3 is 2.41 bits per heavy atom. The maximum absolute atomic E-state index is 12.2. The Bertz CT molecular complexity index is 899. The van der Waals surface area contributed by atoms with Gasteiger partial charge in [0.05, 0.1) is 4.90 Å². The number of benzene rings is 2. The molecule has 0 saturated carbocycles. The van der Waals surface area contributed by atoms with Crippen LogP contribution in [0.3, 0.4) is 0 Å². The minimum atomic E-state index is -4.46. The highest BCUT2D eigenvalue weighted by Crippen LogP contribution is 2.19. The third-order valence-electron chi connectivity index (χ3n) is 3.28. The lowest BCUT2D eigenvalue weighted by atomic mass is 10.2. The van der Waals surface area contributed by atoms with Crippen molar-refractivity contribution in [1.29, 1.82) is 0 Å². The molecule has 2 aromatic rings. The van der Waals surface area contributed by atoms with Gasteiger partial charge in [0.2, 0.25) is 5.91 Å². The number of alkyl halides is 3. The molecule has 0 saturated heterocycles. The van der Waals surface area contributed by atoms with Crippen LogP contribution in [0.2, 0.25) is 5.02 Å².